The Labute approximate surface area is 85.7 Å². The van der Waals surface area contributed by atoms with Crippen molar-refractivity contribution in [2.24, 2.45) is 5.41 Å². The van der Waals surface area contributed by atoms with Gasteiger partial charge in [-0.3, -0.25) is 0 Å². The molecule has 1 aliphatic carbocycles. The number of methoxy groups -OCH3 is 1. The van der Waals surface area contributed by atoms with Crippen molar-refractivity contribution in [3.63, 3.8) is 0 Å². The Morgan fingerprint density at radius 1 is 1.43 bits per heavy atom. The molecule has 1 atom stereocenters. The Bertz CT molecular complexity index is 198. The van der Waals surface area contributed by atoms with Crippen LogP contribution in [0.3, 0.4) is 0 Å². The second-order valence-corrected chi connectivity index (χ2v) is 4.23. The van der Waals surface area contributed by atoms with Crippen molar-refractivity contribution in [2.45, 2.75) is 44.6 Å². The molecule has 1 N–H and O–H groups in total. The van der Waals surface area contributed by atoms with Crippen LogP contribution < -0.4 is 0 Å². The first-order valence-corrected chi connectivity index (χ1v) is 5.29. The molecule has 0 aromatic heterocycles. The minimum Gasteiger partial charge on any atom is -0.391 e. The van der Waals surface area contributed by atoms with Crippen LogP contribution in [0.2, 0.25) is 0 Å². The average molecular weight is 197 g/mol. The van der Waals surface area contributed by atoms with Crippen molar-refractivity contribution in [1.29, 1.82) is 5.26 Å². The fourth-order valence-electron chi connectivity index (χ4n) is 2.42. The van der Waals surface area contributed by atoms with Crippen molar-refractivity contribution in [2.75, 3.05) is 13.7 Å². The molecule has 1 rings (SSSR count). The van der Waals surface area contributed by atoms with Crippen LogP contribution in [0.4, 0.5) is 0 Å². The van der Waals surface area contributed by atoms with Gasteiger partial charge >= 0.3 is 0 Å². The van der Waals surface area contributed by atoms with Gasteiger partial charge in [-0.05, 0) is 12.8 Å². The molecule has 0 radical (unpaired) electrons. The smallest absolute Gasteiger partial charge is 0.0748 e. The quantitative estimate of drug-likeness (QED) is 0.748. The Morgan fingerprint density at radius 3 is 2.57 bits per heavy atom. The summed E-state index contributed by atoms with van der Waals surface area (Å²) >= 11 is 0. The minimum atomic E-state index is -0.521. The highest BCUT2D eigenvalue weighted by Gasteiger charge is 2.38. The van der Waals surface area contributed by atoms with Crippen LogP contribution >= 0.6 is 0 Å². The zero-order valence-electron chi connectivity index (χ0n) is 8.83. The molecule has 3 heteroatoms. The van der Waals surface area contributed by atoms with E-state index in [1.165, 1.54) is 6.42 Å². The first kappa shape index (κ1) is 11.5. The van der Waals surface area contributed by atoms with Gasteiger partial charge in [-0.15, -0.1) is 0 Å². The highest BCUT2D eigenvalue weighted by molar-refractivity contribution is 4.93. The standard InChI is InChI=1S/C11H19NO2/c1-14-9-11(10(13)5-8-12)6-3-2-4-7-11/h10,13H,2-7,9H2,1H3. The first-order valence-electron chi connectivity index (χ1n) is 5.29. The van der Waals surface area contributed by atoms with Crippen LogP contribution in [0.25, 0.3) is 0 Å². The average Bonchev–Trinajstić information content (AvgIpc) is 2.20. The van der Waals surface area contributed by atoms with Gasteiger partial charge < -0.3 is 9.84 Å². The van der Waals surface area contributed by atoms with Gasteiger partial charge in [0.2, 0.25) is 0 Å². The second-order valence-electron chi connectivity index (χ2n) is 4.23. The van der Waals surface area contributed by atoms with Gasteiger partial charge in [0.1, 0.15) is 0 Å². The maximum absolute atomic E-state index is 9.95. The van der Waals surface area contributed by atoms with E-state index in [1.807, 2.05) is 6.07 Å². The molecule has 0 saturated heterocycles. The van der Waals surface area contributed by atoms with Crippen LogP contribution in [0.15, 0.2) is 0 Å². The topological polar surface area (TPSA) is 53.2 Å². The van der Waals surface area contributed by atoms with Crippen molar-refractivity contribution < 1.29 is 9.84 Å². The monoisotopic (exact) mass is 197 g/mol. The van der Waals surface area contributed by atoms with Crippen LogP contribution in [0.5, 0.6) is 0 Å². The SMILES string of the molecule is COCC1(C(O)CC#N)CCCCC1. The molecule has 1 unspecified atom stereocenters. The lowest BCUT2D eigenvalue weighted by Crippen LogP contribution is -2.40. The lowest BCUT2D eigenvalue weighted by atomic mass is 9.70. The fraction of sp³-hybridized carbons (Fsp3) is 0.909. The summed E-state index contributed by atoms with van der Waals surface area (Å²) in [6, 6.07) is 2.04. The van der Waals surface area contributed by atoms with Crippen LogP contribution in [0.1, 0.15) is 38.5 Å². The Morgan fingerprint density at radius 2 is 2.07 bits per heavy atom. The Hall–Kier alpha value is -0.590. The van der Waals surface area contributed by atoms with Crippen LogP contribution in [-0.4, -0.2) is 24.9 Å². The molecular formula is C11H19NO2. The first-order chi connectivity index (χ1) is 6.75. The maximum Gasteiger partial charge on any atom is 0.0748 e. The van der Waals surface area contributed by atoms with Gasteiger partial charge in [-0.1, -0.05) is 19.3 Å². The number of hydrogen-bond donors (Lipinski definition) is 1. The number of aliphatic hydroxyl groups is 1. The summed E-state index contributed by atoms with van der Waals surface area (Å²) in [7, 11) is 1.66. The molecule has 0 aromatic carbocycles. The lowest BCUT2D eigenvalue weighted by Gasteiger charge is -2.39. The summed E-state index contributed by atoms with van der Waals surface area (Å²) in [5.74, 6) is 0. The van der Waals surface area contributed by atoms with E-state index in [0.717, 1.165) is 25.7 Å². The zero-order valence-corrected chi connectivity index (χ0v) is 8.83. The van der Waals surface area contributed by atoms with Gasteiger partial charge in [0, 0.05) is 12.5 Å². The van der Waals surface area contributed by atoms with E-state index >= 15 is 0 Å². The molecule has 3 nitrogen and oxygen atoms in total. The molecule has 80 valence electrons. The summed E-state index contributed by atoms with van der Waals surface area (Å²) < 4.78 is 5.18. The summed E-state index contributed by atoms with van der Waals surface area (Å²) in [4.78, 5) is 0. The van der Waals surface area contributed by atoms with Crippen molar-refractivity contribution >= 4 is 0 Å². The number of aliphatic hydroxyl groups excluding tert-OH is 1. The molecule has 14 heavy (non-hydrogen) atoms. The van der Waals surface area contributed by atoms with Gasteiger partial charge in [-0.25, -0.2) is 0 Å². The molecule has 0 aliphatic heterocycles. The largest absolute Gasteiger partial charge is 0.391 e. The highest BCUT2D eigenvalue weighted by Crippen LogP contribution is 2.40. The van der Waals surface area contributed by atoms with E-state index in [2.05, 4.69) is 0 Å². The molecular weight excluding hydrogens is 178 g/mol. The van der Waals surface area contributed by atoms with Crippen molar-refractivity contribution in [1.82, 2.24) is 0 Å². The molecule has 1 fully saturated rings. The van der Waals surface area contributed by atoms with E-state index in [1.54, 1.807) is 7.11 Å². The van der Waals surface area contributed by atoms with Crippen LogP contribution in [-0.2, 0) is 4.74 Å². The molecule has 0 bridgehead atoms. The molecule has 1 saturated carbocycles. The number of ether oxygens (including phenoxy) is 1. The third-order valence-corrected chi connectivity index (χ3v) is 3.27. The normalized spacial score (nSPS) is 22.6. The number of nitriles is 1. The third kappa shape index (κ3) is 2.46. The third-order valence-electron chi connectivity index (χ3n) is 3.27. The minimum absolute atomic E-state index is 0.150. The summed E-state index contributed by atoms with van der Waals surface area (Å²) in [6.45, 7) is 0.579. The number of hydrogen-bond acceptors (Lipinski definition) is 3. The van der Waals surface area contributed by atoms with Gasteiger partial charge in [0.15, 0.2) is 0 Å². The predicted molar refractivity (Wildman–Crippen MR) is 53.6 cm³/mol. The molecule has 0 amide bonds. The molecule has 0 spiro atoms. The number of rotatable bonds is 4. The fourth-order valence-corrected chi connectivity index (χ4v) is 2.42. The predicted octanol–water partition coefficient (Wildman–Crippen LogP) is 1.86. The maximum atomic E-state index is 9.95. The molecule has 0 aromatic rings. The molecule has 0 heterocycles. The van der Waals surface area contributed by atoms with E-state index < -0.39 is 6.10 Å². The van der Waals surface area contributed by atoms with E-state index in [9.17, 15) is 5.11 Å². The zero-order chi connectivity index (χ0) is 10.4. The van der Waals surface area contributed by atoms with Gasteiger partial charge in [0.05, 0.1) is 25.2 Å². The van der Waals surface area contributed by atoms with E-state index in [-0.39, 0.29) is 11.8 Å². The number of nitrogens with zero attached hydrogens (tertiary/aromatic N) is 1. The Balaban J connectivity index is 2.64. The van der Waals surface area contributed by atoms with E-state index in [0.29, 0.717) is 6.61 Å². The van der Waals surface area contributed by atoms with Crippen LogP contribution in [0, 0.1) is 16.7 Å². The Kier molecular flexibility index (Phi) is 4.37. The van der Waals surface area contributed by atoms with E-state index in [4.69, 9.17) is 10.00 Å². The van der Waals surface area contributed by atoms with Gasteiger partial charge in [-0.2, -0.15) is 5.26 Å². The summed E-state index contributed by atoms with van der Waals surface area (Å²) in [5, 5.41) is 18.6. The summed E-state index contributed by atoms with van der Waals surface area (Å²) in [6.07, 6.45) is 5.21. The second kappa shape index (κ2) is 5.33. The summed E-state index contributed by atoms with van der Waals surface area (Å²) in [5.41, 5.74) is -0.150. The molecule has 1 aliphatic rings. The van der Waals surface area contributed by atoms with Crippen molar-refractivity contribution in [3.8, 4) is 6.07 Å². The highest BCUT2D eigenvalue weighted by atomic mass is 16.5. The van der Waals surface area contributed by atoms with Gasteiger partial charge in [0.25, 0.3) is 0 Å². The lowest BCUT2D eigenvalue weighted by molar-refractivity contribution is -0.0522. The van der Waals surface area contributed by atoms with Crippen molar-refractivity contribution in [3.05, 3.63) is 0 Å².